The van der Waals surface area contributed by atoms with E-state index in [4.69, 9.17) is 9.47 Å². The highest BCUT2D eigenvalue weighted by Crippen LogP contribution is 2.43. The molecule has 2 saturated carbocycles. The van der Waals surface area contributed by atoms with Gasteiger partial charge in [-0.1, -0.05) is 45.4 Å². The van der Waals surface area contributed by atoms with Crippen LogP contribution < -0.4 is 0 Å². The highest BCUT2D eigenvalue weighted by atomic mass is 19.4. The van der Waals surface area contributed by atoms with E-state index in [2.05, 4.69) is 6.92 Å². The third-order valence-corrected chi connectivity index (χ3v) is 8.04. The van der Waals surface area contributed by atoms with Crippen molar-refractivity contribution in [1.82, 2.24) is 0 Å². The molecule has 3 fully saturated rings. The number of rotatable bonds is 9. The summed E-state index contributed by atoms with van der Waals surface area (Å²) in [7, 11) is 0. The molecule has 5 heteroatoms. The monoisotopic (exact) mass is 432 g/mol. The average Bonchev–Trinajstić information content (AvgIpc) is 2.74. The van der Waals surface area contributed by atoms with Gasteiger partial charge in [-0.3, -0.25) is 0 Å². The number of hydrogen-bond acceptors (Lipinski definition) is 2. The average molecular weight is 433 g/mol. The summed E-state index contributed by atoms with van der Waals surface area (Å²) in [4.78, 5) is 0. The summed E-state index contributed by atoms with van der Waals surface area (Å²) < 4.78 is 48.8. The van der Waals surface area contributed by atoms with E-state index >= 15 is 0 Å². The zero-order valence-corrected chi connectivity index (χ0v) is 18.9. The Balaban J connectivity index is 1.28. The second-order valence-electron chi connectivity index (χ2n) is 10.4. The normalized spacial score (nSPS) is 36.0. The summed E-state index contributed by atoms with van der Waals surface area (Å²) in [6.45, 7) is 3.41. The molecule has 0 aromatic carbocycles. The Hall–Kier alpha value is -0.290. The fourth-order valence-corrected chi connectivity index (χ4v) is 6.11. The van der Waals surface area contributed by atoms with Crippen molar-refractivity contribution in [2.75, 3.05) is 13.2 Å². The van der Waals surface area contributed by atoms with Gasteiger partial charge in [0.05, 0.1) is 13.2 Å². The standard InChI is InChI=1S/C25H43F3O2/c1-2-3-4-6-19-8-10-21(11-9-19)22-12-14-23(15-13-22)24-29-17-20(18-30-24)7-5-16-25(26,27)28/h19-24H,2-18H2,1H3. The summed E-state index contributed by atoms with van der Waals surface area (Å²) in [5.74, 6) is 3.39. The Morgan fingerprint density at radius 2 is 1.20 bits per heavy atom. The molecule has 3 aliphatic rings. The Kier molecular flexibility index (Phi) is 9.81. The lowest BCUT2D eigenvalue weighted by Gasteiger charge is -2.41. The van der Waals surface area contributed by atoms with Gasteiger partial charge in [0.1, 0.15) is 0 Å². The molecular formula is C25H43F3O2. The van der Waals surface area contributed by atoms with Crippen LogP contribution in [0, 0.1) is 29.6 Å². The van der Waals surface area contributed by atoms with Crippen LogP contribution in [0.1, 0.15) is 103 Å². The Bertz CT molecular complexity index is 458. The molecule has 2 nitrogen and oxygen atoms in total. The Labute approximate surface area is 181 Å². The predicted molar refractivity (Wildman–Crippen MR) is 114 cm³/mol. The van der Waals surface area contributed by atoms with Gasteiger partial charge in [0.2, 0.25) is 0 Å². The minimum absolute atomic E-state index is 0.118. The minimum Gasteiger partial charge on any atom is -0.352 e. The zero-order valence-electron chi connectivity index (χ0n) is 18.9. The molecule has 0 unspecified atom stereocenters. The predicted octanol–water partition coefficient (Wildman–Crippen LogP) is 7.90. The molecule has 0 bridgehead atoms. The molecule has 0 amide bonds. The van der Waals surface area contributed by atoms with Crippen LogP contribution in [0.3, 0.4) is 0 Å². The number of hydrogen-bond donors (Lipinski definition) is 0. The molecule has 176 valence electrons. The van der Waals surface area contributed by atoms with Crippen molar-refractivity contribution in [3.8, 4) is 0 Å². The maximum atomic E-state index is 12.3. The molecule has 1 saturated heterocycles. The summed E-state index contributed by atoms with van der Waals surface area (Å²) in [6, 6.07) is 0. The Morgan fingerprint density at radius 3 is 1.77 bits per heavy atom. The number of unbranched alkanes of at least 4 members (excludes halogenated alkanes) is 2. The van der Waals surface area contributed by atoms with Crippen LogP contribution in [0.5, 0.6) is 0 Å². The molecule has 0 N–H and O–H groups in total. The van der Waals surface area contributed by atoms with E-state index in [0.717, 1.165) is 17.8 Å². The van der Waals surface area contributed by atoms with Crippen LogP contribution in [-0.4, -0.2) is 25.7 Å². The van der Waals surface area contributed by atoms with Gasteiger partial charge in [-0.15, -0.1) is 0 Å². The number of ether oxygens (including phenoxy) is 2. The van der Waals surface area contributed by atoms with Crippen molar-refractivity contribution in [2.45, 2.75) is 116 Å². The van der Waals surface area contributed by atoms with Gasteiger partial charge < -0.3 is 9.47 Å². The molecule has 2 aliphatic carbocycles. The van der Waals surface area contributed by atoms with Crippen LogP contribution >= 0.6 is 0 Å². The summed E-state index contributed by atoms with van der Waals surface area (Å²) in [5, 5.41) is 0. The molecule has 0 spiro atoms. The lowest BCUT2D eigenvalue weighted by Crippen LogP contribution is -2.39. The van der Waals surface area contributed by atoms with E-state index in [9.17, 15) is 13.2 Å². The van der Waals surface area contributed by atoms with Crippen molar-refractivity contribution >= 4 is 0 Å². The van der Waals surface area contributed by atoms with Crippen molar-refractivity contribution in [3.05, 3.63) is 0 Å². The van der Waals surface area contributed by atoms with Crippen LogP contribution in [0.4, 0.5) is 13.2 Å². The first-order valence-electron chi connectivity index (χ1n) is 12.7. The van der Waals surface area contributed by atoms with Gasteiger partial charge in [-0.2, -0.15) is 13.2 Å². The molecule has 30 heavy (non-hydrogen) atoms. The number of alkyl halides is 3. The zero-order chi connectivity index (χ0) is 21.4. The maximum absolute atomic E-state index is 12.3. The van der Waals surface area contributed by atoms with E-state index in [0.29, 0.717) is 25.6 Å². The van der Waals surface area contributed by atoms with Crippen molar-refractivity contribution in [1.29, 1.82) is 0 Å². The highest BCUT2D eigenvalue weighted by molar-refractivity contribution is 4.83. The van der Waals surface area contributed by atoms with Crippen LogP contribution in [0.2, 0.25) is 0 Å². The largest absolute Gasteiger partial charge is 0.389 e. The fraction of sp³-hybridized carbons (Fsp3) is 1.00. The van der Waals surface area contributed by atoms with Gasteiger partial charge in [0, 0.05) is 18.3 Å². The van der Waals surface area contributed by atoms with Crippen molar-refractivity contribution < 1.29 is 22.6 Å². The summed E-state index contributed by atoms with van der Waals surface area (Å²) in [5.41, 5.74) is 0. The van der Waals surface area contributed by atoms with Crippen LogP contribution in [0.15, 0.2) is 0 Å². The summed E-state index contributed by atoms with van der Waals surface area (Å²) >= 11 is 0. The lowest BCUT2D eigenvalue weighted by molar-refractivity contribution is -0.231. The SMILES string of the molecule is CCCCCC1CCC(C2CCC(C3OCC(CCCC(F)(F)F)CO3)CC2)CC1. The van der Waals surface area contributed by atoms with Gasteiger partial charge in [-0.25, -0.2) is 0 Å². The minimum atomic E-state index is -4.05. The second kappa shape index (κ2) is 12.1. The smallest absolute Gasteiger partial charge is 0.352 e. The third kappa shape index (κ3) is 8.00. The second-order valence-corrected chi connectivity index (χ2v) is 10.4. The van der Waals surface area contributed by atoms with E-state index in [-0.39, 0.29) is 18.6 Å². The van der Waals surface area contributed by atoms with E-state index < -0.39 is 12.6 Å². The molecule has 0 aromatic rings. The van der Waals surface area contributed by atoms with Gasteiger partial charge >= 0.3 is 6.18 Å². The fourth-order valence-electron chi connectivity index (χ4n) is 6.11. The first-order chi connectivity index (χ1) is 14.4. The molecule has 1 heterocycles. The molecule has 1 aliphatic heterocycles. The Morgan fingerprint density at radius 1 is 0.667 bits per heavy atom. The van der Waals surface area contributed by atoms with Crippen molar-refractivity contribution in [3.63, 3.8) is 0 Å². The third-order valence-electron chi connectivity index (χ3n) is 8.04. The molecule has 3 rings (SSSR count). The van der Waals surface area contributed by atoms with E-state index in [1.807, 2.05) is 0 Å². The first kappa shape index (κ1) is 24.4. The van der Waals surface area contributed by atoms with Gasteiger partial charge in [-0.05, 0) is 69.1 Å². The summed E-state index contributed by atoms with van der Waals surface area (Å²) in [6.07, 6.45) is 12.1. The molecular weight excluding hydrogens is 389 g/mol. The van der Waals surface area contributed by atoms with Crippen LogP contribution in [0.25, 0.3) is 0 Å². The van der Waals surface area contributed by atoms with Gasteiger partial charge in [0.25, 0.3) is 0 Å². The van der Waals surface area contributed by atoms with E-state index in [1.165, 1.54) is 77.0 Å². The molecule has 0 radical (unpaired) electrons. The van der Waals surface area contributed by atoms with Crippen molar-refractivity contribution in [2.24, 2.45) is 29.6 Å². The highest BCUT2D eigenvalue weighted by Gasteiger charge is 2.36. The molecule has 0 atom stereocenters. The lowest BCUT2D eigenvalue weighted by atomic mass is 9.68. The van der Waals surface area contributed by atoms with Crippen LogP contribution in [-0.2, 0) is 9.47 Å². The first-order valence-corrected chi connectivity index (χ1v) is 12.7. The molecule has 0 aromatic heterocycles. The topological polar surface area (TPSA) is 18.5 Å². The number of halogens is 3. The van der Waals surface area contributed by atoms with Gasteiger partial charge in [0.15, 0.2) is 6.29 Å². The maximum Gasteiger partial charge on any atom is 0.389 e. The quantitative estimate of drug-likeness (QED) is 0.345. The van der Waals surface area contributed by atoms with E-state index in [1.54, 1.807) is 0 Å².